The molecule has 7 unspecified atom stereocenters. The second-order valence-corrected chi connectivity index (χ2v) is 19.1. The lowest BCUT2D eigenvalue weighted by atomic mass is 9.85. The lowest BCUT2D eigenvalue weighted by Crippen LogP contribution is -2.64. The second-order valence-electron chi connectivity index (χ2n) is 16.5. The van der Waals surface area contributed by atoms with Crippen LogP contribution < -0.4 is 0 Å². The number of epoxide rings is 1. The van der Waals surface area contributed by atoms with E-state index in [4.69, 9.17) is 23.3 Å². The van der Waals surface area contributed by atoms with E-state index in [0.29, 0.717) is 25.7 Å². The number of hydrogen-bond acceptors (Lipinski definition) is 14. The largest absolute Gasteiger partial charge is 0.472 e. The maximum Gasteiger partial charge on any atom is 0.472 e. The maximum atomic E-state index is 13.0. The van der Waals surface area contributed by atoms with Crippen molar-refractivity contribution < 1.29 is 81.6 Å². The number of aliphatic hydroxyl groups excluding tert-OH is 4. The highest BCUT2D eigenvalue weighted by Gasteiger charge is 2.54. The molecule has 7 N–H and O–H groups in total. The summed E-state index contributed by atoms with van der Waals surface area (Å²) >= 11 is 0. The molecule has 1 aliphatic heterocycles. The number of carbonyl (C=O) groups is 2. The van der Waals surface area contributed by atoms with Crippen LogP contribution in [0.15, 0.2) is 72.9 Å². The van der Waals surface area contributed by atoms with Gasteiger partial charge in [0.25, 0.3) is 0 Å². The van der Waals surface area contributed by atoms with Crippen molar-refractivity contribution in [3.8, 4) is 0 Å². The summed E-state index contributed by atoms with van der Waals surface area (Å²) < 4.78 is 55.1. The predicted octanol–water partition coefficient (Wildman–Crippen LogP) is 7.83. The van der Waals surface area contributed by atoms with Crippen molar-refractivity contribution in [3.63, 3.8) is 0 Å². The van der Waals surface area contributed by atoms with Gasteiger partial charge in [-0.25, -0.2) is 9.13 Å². The molecule has 2 aliphatic rings. The Bertz CT molecular complexity index is 1620. The molecule has 17 nitrogen and oxygen atoms in total. The minimum Gasteiger partial charge on any atom is -0.462 e. The van der Waals surface area contributed by atoms with Gasteiger partial charge in [-0.05, 0) is 89.9 Å². The Hall–Kier alpha value is -2.60. The Morgan fingerprint density at radius 3 is 1.58 bits per heavy atom. The first-order chi connectivity index (χ1) is 31.6. The molecule has 1 saturated carbocycles. The monoisotopic (exact) mass is 976 g/mol. The molecule has 0 amide bonds. The Morgan fingerprint density at radius 2 is 1.05 bits per heavy atom. The molecule has 19 heteroatoms. The van der Waals surface area contributed by atoms with E-state index >= 15 is 0 Å². The second kappa shape index (κ2) is 34.6. The van der Waals surface area contributed by atoms with Crippen LogP contribution >= 0.6 is 15.6 Å². The normalized spacial score (nSPS) is 25.2. The molecule has 1 aliphatic carbocycles. The summed E-state index contributed by atoms with van der Waals surface area (Å²) in [6, 6.07) is 0. The molecule has 378 valence electrons. The number of esters is 2. The molecule has 66 heavy (non-hydrogen) atoms. The number of allylic oxidation sites excluding steroid dienone is 11. The van der Waals surface area contributed by atoms with Crippen LogP contribution in [0.3, 0.4) is 0 Å². The third-order valence-electron chi connectivity index (χ3n) is 10.7. The van der Waals surface area contributed by atoms with Crippen LogP contribution in [-0.2, 0) is 46.5 Å². The van der Waals surface area contributed by atoms with Crippen LogP contribution in [0.5, 0.6) is 0 Å². The van der Waals surface area contributed by atoms with Crippen LogP contribution in [0.2, 0.25) is 0 Å². The van der Waals surface area contributed by atoms with Gasteiger partial charge < -0.3 is 49.3 Å². The molecule has 1 saturated heterocycles. The van der Waals surface area contributed by atoms with Crippen LogP contribution in [0.1, 0.15) is 142 Å². The molecular weight excluding hydrogens is 898 g/mol. The molecule has 2 fully saturated rings. The lowest BCUT2D eigenvalue weighted by molar-refractivity contribution is -0.216. The lowest BCUT2D eigenvalue weighted by Gasteiger charge is -2.43. The van der Waals surface area contributed by atoms with E-state index in [2.05, 4.69) is 85.2 Å². The molecule has 0 aromatic carbocycles. The van der Waals surface area contributed by atoms with Crippen LogP contribution in [0, 0.1) is 0 Å². The third kappa shape index (κ3) is 28.0. The fourth-order valence-electron chi connectivity index (χ4n) is 6.88. The van der Waals surface area contributed by atoms with Crippen molar-refractivity contribution in [1.82, 2.24) is 0 Å². The van der Waals surface area contributed by atoms with Gasteiger partial charge in [0.05, 0.1) is 18.8 Å². The Labute approximate surface area is 391 Å². The van der Waals surface area contributed by atoms with Crippen LogP contribution in [0.4, 0.5) is 0 Å². The van der Waals surface area contributed by atoms with Gasteiger partial charge in [-0.3, -0.25) is 23.2 Å². The number of phosphoric ester groups is 2. The highest BCUT2D eigenvalue weighted by atomic mass is 31.2. The van der Waals surface area contributed by atoms with E-state index in [9.17, 15) is 53.8 Å². The van der Waals surface area contributed by atoms with Crippen molar-refractivity contribution in [2.24, 2.45) is 0 Å². The average Bonchev–Trinajstić information content (AvgIpc) is 4.03. The van der Waals surface area contributed by atoms with Crippen molar-refractivity contribution in [1.29, 1.82) is 0 Å². The molecule has 10 atom stereocenters. The molecule has 1 heterocycles. The molecule has 0 aromatic heterocycles. The molecule has 0 spiro atoms. The van der Waals surface area contributed by atoms with Crippen LogP contribution in [-0.4, -0.2) is 115 Å². The SMILES string of the molecule is CCCCC/C=C\C/C=C\C/C=C\CCCCC(=O)OC[C@H](COP(=O)(O)O[C@H]1C(O)C(O)C(O)[C@@H](OP(=O)(O)O)C1O)OC(=O)CCCC1OC1C/C=C\C/C=C\C/C=C\CCCCC. The van der Waals surface area contributed by atoms with E-state index < -0.39 is 83.5 Å². The van der Waals surface area contributed by atoms with Gasteiger partial charge >= 0.3 is 27.6 Å². The fourth-order valence-corrected chi connectivity index (χ4v) is 8.42. The number of carbonyl (C=O) groups excluding carboxylic acids is 2. The van der Waals surface area contributed by atoms with Gasteiger partial charge in [0.15, 0.2) is 6.10 Å². The summed E-state index contributed by atoms with van der Waals surface area (Å²) in [4.78, 5) is 54.4. The quantitative estimate of drug-likeness (QED) is 0.0103. The van der Waals surface area contributed by atoms with E-state index in [1.807, 2.05) is 6.08 Å². The summed E-state index contributed by atoms with van der Waals surface area (Å²) in [7, 11) is -10.7. The number of rotatable bonds is 37. The summed E-state index contributed by atoms with van der Waals surface area (Å²) in [5, 5.41) is 41.3. The Kier molecular flexibility index (Phi) is 31.2. The minimum absolute atomic E-state index is 0.0187. The van der Waals surface area contributed by atoms with E-state index in [-0.39, 0.29) is 25.0 Å². The minimum atomic E-state index is -5.38. The first-order valence-corrected chi connectivity index (χ1v) is 26.6. The van der Waals surface area contributed by atoms with E-state index in [1.54, 1.807) is 0 Å². The molecule has 0 bridgehead atoms. The average molecular weight is 977 g/mol. The van der Waals surface area contributed by atoms with Gasteiger partial charge in [-0.15, -0.1) is 0 Å². The number of hydrogen-bond donors (Lipinski definition) is 7. The number of ether oxygens (including phenoxy) is 3. The Morgan fingerprint density at radius 1 is 0.561 bits per heavy atom. The first kappa shape index (κ1) is 59.5. The van der Waals surface area contributed by atoms with E-state index in [1.165, 1.54) is 38.5 Å². The Balaban J connectivity index is 1.86. The zero-order valence-corrected chi connectivity index (χ0v) is 40.6. The molecule has 0 radical (unpaired) electrons. The maximum absolute atomic E-state index is 13.0. The number of unbranched alkanes of at least 4 members (excludes halogenated alkanes) is 8. The smallest absolute Gasteiger partial charge is 0.462 e. The number of aliphatic hydroxyl groups is 4. The zero-order chi connectivity index (χ0) is 48.6. The van der Waals surface area contributed by atoms with Crippen molar-refractivity contribution in [3.05, 3.63) is 72.9 Å². The van der Waals surface area contributed by atoms with Gasteiger partial charge in [0.1, 0.15) is 43.2 Å². The van der Waals surface area contributed by atoms with Gasteiger partial charge in [-0.1, -0.05) is 112 Å². The summed E-state index contributed by atoms with van der Waals surface area (Å²) in [6.45, 7) is 2.94. The van der Waals surface area contributed by atoms with Gasteiger partial charge in [0.2, 0.25) is 0 Å². The summed E-state index contributed by atoms with van der Waals surface area (Å²) in [6.07, 6.45) is 27.3. The van der Waals surface area contributed by atoms with Gasteiger partial charge in [-0.2, -0.15) is 0 Å². The number of phosphoric acid groups is 2. The molecule has 0 aromatic rings. The first-order valence-electron chi connectivity index (χ1n) is 23.6. The fraction of sp³-hybridized carbons (Fsp3) is 0.702. The predicted molar refractivity (Wildman–Crippen MR) is 250 cm³/mol. The van der Waals surface area contributed by atoms with Crippen molar-refractivity contribution in [2.75, 3.05) is 13.2 Å². The summed E-state index contributed by atoms with van der Waals surface area (Å²) in [5.74, 6) is -1.33. The molecular formula is C47H78O17P2. The summed E-state index contributed by atoms with van der Waals surface area (Å²) in [5.41, 5.74) is 0. The topological polar surface area (TPSA) is 269 Å². The molecule has 2 rings (SSSR count). The van der Waals surface area contributed by atoms with Crippen molar-refractivity contribution in [2.45, 2.75) is 197 Å². The standard InChI is InChI=1S/C47H78O17P2/c1-3-5-7-9-11-13-15-17-18-19-21-23-25-27-29-33-40(48)59-35-37(36-60-66(57,58)64-47-44(52)42(50)43(51)46(45(47)53)63-65(54,55)56)61-41(49)34-30-32-39-38(62-39)31-28-26-24-22-20-16-14-12-10-8-6-4-2/h11-14,17-18,20-23,26,28,37-39,42-47,50-53H,3-10,15-16,19,24-25,27,29-36H2,1-2H3,(H,57,58)(H2,54,55,56)/b13-11-,14-12-,18-17-,22-20-,23-21-,28-26-/t37-,38?,39?,42?,43?,44?,45?,46-,47+/m1/s1. The van der Waals surface area contributed by atoms with Crippen molar-refractivity contribution >= 4 is 27.6 Å². The highest BCUT2D eigenvalue weighted by molar-refractivity contribution is 7.47. The van der Waals surface area contributed by atoms with Gasteiger partial charge in [0, 0.05) is 12.8 Å². The third-order valence-corrected chi connectivity index (χ3v) is 12.2. The highest BCUT2D eigenvalue weighted by Crippen LogP contribution is 2.49. The van der Waals surface area contributed by atoms with E-state index in [0.717, 1.165) is 51.4 Å². The van der Waals surface area contributed by atoms with Crippen LogP contribution in [0.25, 0.3) is 0 Å². The zero-order valence-electron chi connectivity index (χ0n) is 38.8.